The lowest BCUT2D eigenvalue weighted by atomic mass is 9.91. The Morgan fingerprint density at radius 3 is 2.27 bits per heavy atom. The fourth-order valence-electron chi connectivity index (χ4n) is 3.50. The van der Waals surface area contributed by atoms with Crippen molar-refractivity contribution >= 4 is 19.0 Å². The van der Waals surface area contributed by atoms with Gasteiger partial charge in [0.2, 0.25) is 6.29 Å². The summed E-state index contributed by atoms with van der Waals surface area (Å²) in [6.45, 7) is 2.29. The molecule has 0 saturated carbocycles. The van der Waals surface area contributed by atoms with Gasteiger partial charge in [0.1, 0.15) is 5.76 Å². The molecule has 1 heterocycles. The van der Waals surface area contributed by atoms with Gasteiger partial charge in [-0.2, -0.15) is 0 Å². The van der Waals surface area contributed by atoms with E-state index < -0.39 is 24.7 Å². The molecule has 0 fully saturated rings. The number of hydrogen-bond donors (Lipinski definition) is 0. The standard InChI is InChI=1S/C21H24NO7P/c1-4-28-19-14-18(15-10-12-17(13-11-15)22(23)24)21(30(25,26-2)27-3)20(29-19)16-8-6-5-7-9-16/h5-13,18-19H,4,14H2,1-3H3/t18-,19+/m0/s1. The Kier molecular flexibility index (Phi) is 7.05. The molecule has 0 N–H and O–H groups in total. The predicted octanol–water partition coefficient (Wildman–Crippen LogP) is 5.32. The van der Waals surface area contributed by atoms with Crippen LogP contribution in [0.25, 0.3) is 5.76 Å². The highest BCUT2D eigenvalue weighted by atomic mass is 31.2. The molecule has 1 aliphatic rings. The molecule has 0 radical (unpaired) electrons. The minimum Gasteiger partial charge on any atom is -0.464 e. The number of ether oxygens (including phenoxy) is 2. The van der Waals surface area contributed by atoms with Crippen LogP contribution in [0.4, 0.5) is 5.69 Å². The lowest BCUT2D eigenvalue weighted by Gasteiger charge is -2.36. The number of hydrogen-bond acceptors (Lipinski definition) is 7. The number of nitro benzene ring substituents is 1. The van der Waals surface area contributed by atoms with E-state index in [2.05, 4.69) is 0 Å². The van der Waals surface area contributed by atoms with Gasteiger partial charge in [-0.3, -0.25) is 14.7 Å². The number of benzene rings is 2. The monoisotopic (exact) mass is 433 g/mol. The quantitative estimate of drug-likeness (QED) is 0.316. The van der Waals surface area contributed by atoms with Crippen molar-refractivity contribution in [3.05, 3.63) is 81.2 Å². The Morgan fingerprint density at radius 2 is 1.73 bits per heavy atom. The Labute approximate surface area is 175 Å². The largest absolute Gasteiger partial charge is 0.464 e. The Morgan fingerprint density at radius 1 is 1.10 bits per heavy atom. The predicted molar refractivity (Wildman–Crippen MR) is 112 cm³/mol. The van der Waals surface area contributed by atoms with Gasteiger partial charge in [-0.25, -0.2) is 0 Å². The van der Waals surface area contributed by atoms with Crippen molar-refractivity contribution in [1.82, 2.24) is 0 Å². The van der Waals surface area contributed by atoms with Gasteiger partial charge in [0.15, 0.2) is 0 Å². The Balaban J connectivity index is 2.22. The molecule has 0 unspecified atom stereocenters. The fraction of sp³-hybridized carbons (Fsp3) is 0.333. The smallest absolute Gasteiger partial charge is 0.361 e. The molecular weight excluding hydrogens is 409 g/mol. The minimum absolute atomic E-state index is 0.0253. The van der Waals surface area contributed by atoms with Gasteiger partial charge in [-0.1, -0.05) is 42.5 Å². The highest BCUT2D eigenvalue weighted by Crippen LogP contribution is 2.64. The third-order valence-corrected chi connectivity index (χ3v) is 6.98. The maximum Gasteiger partial charge on any atom is 0.361 e. The second-order valence-electron chi connectivity index (χ2n) is 6.58. The second-order valence-corrected chi connectivity index (χ2v) is 8.79. The third-order valence-electron chi connectivity index (χ3n) is 4.91. The van der Waals surface area contributed by atoms with Crippen molar-refractivity contribution in [3.63, 3.8) is 0 Å². The zero-order chi connectivity index (χ0) is 21.7. The van der Waals surface area contributed by atoms with Crippen LogP contribution < -0.4 is 0 Å². The first-order valence-corrected chi connectivity index (χ1v) is 11.0. The highest BCUT2D eigenvalue weighted by molar-refractivity contribution is 7.58. The third kappa shape index (κ3) is 4.47. The van der Waals surface area contributed by atoms with E-state index >= 15 is 0 Å². The van der Waals surface area contributed by atoms with Crippen LogP contribution in [0.3, 0.4) is 0 Å². The lowest BCUT2D eigenvalue weighted by molar-refractivity contribution is -0.384. The normalized spacial score (nSPS) is 19.4. The van der Waals surface area contributed by atoms with Crippen molar-refractivity contribution in [3.8, 4) is 0 Å². The molecule has 0 amide bonds. The maximum atomic E-state index is 13.6. The van der Waals surface area contributed by atoms with Crippen LogP contribution in [0.15, 0.2) is 59.9 Å². The van der Waals surface area contributed by atoms with Crippen LogP contribution in [0.5, 0.6) is 0 Å². The molecule has 0 aliphatic carbocycles. The second kappa shape index (κ2) is 9.53. The molecule has 3 rings (SSSR count). The van der Waals surface area contributed by atoms with Crippen molar-refractivity contribution in [1.29, 1.82) is 0 Å². The van der Waals surface area contributed by atoms with E-state index in [0.29, 0.717) is 29.7 Å². The van der Waals surface area contributed by atoms with Gasteiger partial charge >= 0.3 is 7.60 Å². The van der Waals surface area contributed by atoms with Crippen LogP contribution in [-0.2, 0) is 23.1 Å². The van der Waals surface area contributed by atoms with Gasteiger partial charge in [-0.15, -0.1) is 0 Å². The molecule has 2 aromatic rings. The van der Waals surface area contributed by atoms with Crippen LogP contribution in [0.1, 0.15) is 30.4 Å². The molecule has 2 atom stereocenters. The van der Waals surface area contributed by atoms with Crippen LogP contribution >= 0.6 is 7.60 Å². The first kappa shape index (κ1) is 22.2. The molecule has 0 bridgehead atoms. The molecule has 8 nitrogen and oxygen atoms in total. The molecule has 0 aromatic heterocycles. The summed E-state index contributed by atoms with van der Waals surface area (Å²) in [5.41, 5.74) is 1.41. The summed E-state index contributed by atoms with van der Waals surface area (Å²) in [5.74, 6) is -0.0762. The van der Waals surface area contributed by atoms with Crippen LogP contribution in [0.2, 0.25) is 0 Å². The van der Waals surface area contributed by atoms with Crippen molar-refractivity contribution < 1.29 is 28.0 Å². The van der Waals surface area contributed by atoms with Gasteiger partial charge in [0.25, 0.3) is 5.69 Å². The molecule has 30 heavy (non-hydrogen) atoms. The van der Waals surface area contributed by atoms with E-state index in [1.807, 2.05) is 37.3 Å². The summed E-state index contributed by atoms with van der Waals surface area (Å²) in [5, 5.41) is 11.4. The number of rotatable bonds is 8. The fourth-order valence-corrected chi connectivity index (χ4v) is 5.11. The van der Waals surface area contributed by atoms with Crippen LogP contribution in [0, 0.1) is 10.1 Å². The van der Waals surface area contributed by atoms with E-state index in [-0.39, 0.29) is 5.69 Å². The number of non-ortho nitro benzene ring substituents is 1. The summed E-state index contributed by atoms with van der Waals surface area (Å²) >= 11 is 0. The number of allylic oxidation sites excluding steroid dienone is 1. The Bertz CT molecular complexity index is 951. The van der Waals surface area contributed by atoms with Crippen molar-refractivity contribution in [2.24, 2.45) is 0 Å². The lowest BCUT2D eigenvalue weighted by Crippen LogP contribution is -2.27. The zero-order valence-electron chi connectivity index (χ0n) is 17.0. The molecule has 0 saturated heterocycles. The molecular formula is C21H24NO7P. The highest BCUT2D eigenvalue weighted by Gasteiger charge is 2.44. The average Bonchev–Trinajstić information content (AvgIpc) is 2.79. The van der Waals surface area contributed by atoms with E-state index in [9.17, 15) is 14.7 Å². The molecule has 9 heteroatoms. The van der Waals surface area contributed by atoms with E-state index in [0.717, 1.165) is 5.56 Å². The summed E-state index contributed by atoms with van der Waals surface area (Å²) in [6.07, 6.45) is -0.232. The number of nitrogens with zero attached hydrogens (tertiary/aromatic N) is 1. The summed E-state index contributed by atoms with van der Waals surface area (Å²) in [4.78, 5) is 10.6. The van der Waals surface area contributed by atoms with Gasteiger partial charge in [-0.05, 0) is 12.5 Å². The zero-order valence-corrected chi connectivity index (χ0v) is 17.9. The number of nitro groups is 1. The van der Waals surface area contributed by atoms with Crippen molar-refractivity contribution in [2.45, 2.75) is 25.6 Å². The SMILES string of the molecule is CCO[C@H]1C[C@@H](c2ccc([N+](=O)[O-])cc2)C(P(=O)(OC)OC)=C(c2ccccc2)O1. The molecule has 160 valence electrons. The molecule has 2 aromatic carbocycles. The molecule has 1 aliphatic heterocycles. The summed E-state index contributed by atoms with van der Waals surface area (Å²) in [7, 11) is -1.07. The van der Waals surface area contributed by atoms with Gasteiger partial charge < -0.3 is 18.5 Å². The van der Waals surface area contributed by atoms with Crippen LogP contribution in [-0.4, -0.2) is 32.0 Å². The van der Waals surface area contributed by atoms with E-state index in [1.165, 1.54) is 26.4 Å². The van der Waals surface area contributed by atoms with Crippen molar-refractivity contribution in [2.75, 3.05) is 20.8 Å². The topological polar surface area (TPSA) is 97.1 Å². The first-order chi connectivity index (χ1) is 14.4. The summed E-state index contributed by atoms with van der Waals surface area (Å²) < 4.78 is 36.1. The van der Waals surface area contributed by atoms with Gasteiger partial charge in [0, 0.05) is 50.9 Å². The Hall–Kier alpha value is -2.51. The first-order valence-electron chi connectivity index (χ1n) is 9.47. The van der Waals surface area contributed by atoms with E-state index in [1.54, 1.807) is 12.1 Å². The van der Waals surface area contributed by atoms with E-state index in [4.69, 9.17) is 18.5 Å². The average molecular weight is 433 g/mol. The summed E-state index contributed by atoms with van der Waals surface area (Å²) in [6, 6.07) is 15.4. The minimum atomic E-state index is -3.71. The maximum absolute atomic E-state index is 13.6. The molecule has 0 spiro atoms. The van der Waals surface area contributed by atoms with Gasteiger partial charge in [0.05, 0.1) is 10.2 Å².